The number of carbonyl (C=O) groups is 1. The zero-order valence-corrected chi connectivity index (χ0v) is 15.3. The Morgan fingerprint density at radius 1 is 1.12 bits per heavy atom. The van der Waals surface area contributed by atoms with E-state index in [1.54, 1.807) is 4.90 Å². The fraction of sp³-hybridized carbons (Fsp3) is 0.250. The highest BCUT2D eigenvalue weighted by Crippen LogP contribution is 2.27. The molecule has 5 heteroatoms. The number of carbonyl (C=O) groups excluding carboxylic acids is 1. The first-order valence-electron chi connectivity index (χ1n) is 8.16. The molecule has 0 fully saturated rings. The van der Waals surface area contributed by atoms with Crippen molar-refractivity contribution in [3.63, 3.8) is 0 Å². The van der Waals surface area contributed by atoms with Gasteiger partial charge < -0.3 is 15.1 Å². The van der Waals surface area contributed by atoms with Gasteiger partial charge in [0.05, 0.1) is 6.42 Å². The molecule has 0 radical (unpaired) electrons. The van der Waals surface area contributed by atoms with Crippen molar-refractivity contribution in [2.45, 2.75) is 26.3 Å². The van der Waals surface area contributed by atoms with E-state index in [4.69, 9.17) is 10.2 Å². The number of hydrogen-bond acceptors (Lipinski definition) is 3. The number of aryl methyl sites for hydroxylation is 1. The maximum Gasteiger partial charge on any atom is 0.227 e. The summed E-state index contributed by atoms with van der Waals surface area (Å²) in [5, 5.41) is 1.08. The molecule has 0 aliphatic heterocycles. The summed E-state index contributed by atoms with van der Waals surface area (Å²) in [5.41, 5.74) is 9.34. The van der Waals surface area contributed by atoms with Crippen LogP contribution in [0, 0.1) is 0 Å². The highest BCUT2D eigenvalue weighted by atomic mass is 35.5. The van der Waals surface area contributed by atoms with E-state index in [1.807, 2.05) is 55.6 Å². The fourth-order valence-electron chi connectivity index (χ4n) is 2.88. The van der Waals surface area contributed by atoms with Gasteiger partial charge in [-0.15, -0.1) is 12.4 Å². The molecule has 0 bridgehead atoms. The van der Waals surface area contributed by atoms with E-state index < -0.39 is 0 Å². The molecule has 4 nitrogen and oxygen atoms in total. The summed E-state index contributed by atoms with van der Waals surface area (Å²) in [6.45, 7) is 2.62. The number of para-hydroxylation sites is 1. The normalized spacial score (nSPS) is 10.5. The molecule has 3 rings (SSSR count). The molecule has 0 aliphatic rings. The molecule has 1 aromatic heterocycles. The van der Waals surface area contributed by atoms with Crippen molar-refractivity contribution in [1.29, 1.82) is 0 Å². The van der Waals surface area contributed by atoms with Gasteiger partial charge in [0.15, 0.2) is 0 Å². The van der Waals surface area contributed by atoms with Gasteiger partial charge in [0.2, 0.25) is 5.91 Å². The molecule has 0 aliphatic carbocycles. The zero-order chi connectivity index (χ0) is 17.1. The number of nitrogen functional groups attached to an aromatic ring is 1. The maximum absolute atomic E-state index is 12.5. The number of furan rings is 1. The van der Waals surface area contributed by atoms with Crippen LogP contribution in [-0.2, 0) is 24.2 Å². The molecule has 0 saturated heterocycles. The summed E-state index contributed by atoms with van der Waals surface area (Å²) in [6, 6.07) is 15.4. The number of benzene rings is 2. The third-order valence-corrected chi connectivity index (χ3v) is 4.26. The summed E-state index contributed by atoms with van der Waals surface area (Å²) < 4.78 is 5.91. The van der Waals surface area contributed by atoms with E-state index in [9.17, 15) is 4.79 Å². The molecule has 1 heterocycles. The van der Waals surface area contributed by atoms with Gasteiger partial charge in [0, 0.05) is 36.7 Å². The maximum atomic E-state index is 12.5. The van der Waals surface area contributed by atoms with Crippen LogP contribution in [0.1, 0.15) is 23.8 Å². The van der Waals surface area contributed by atoms with E-state index in [-0.39, 0.29) is 18.3 Å². The van der Waals surface area contributed by atoms with Crippen molar-refractivity contribution in [3.8, 4) is 0 Å². The van der Waals surface area contributed by atoms with Crippen molar-refractivity contribution in [3.05, 3.63) is 65.4 Å². The quantitative estimate of drug-likeness (QED) is 0.695. The highest BCUT2D eigenvalue weighted by molar-refractivity contribution is 5.85. The summed E-state index contributed by atoms with van der Waals surface area (Å²) >= 11 is 0. The topological polar surface area (TPSA) is 59.5 Å². The standard InChI is InChI=1S/C20H22N2O2.ClH/c1-3-18-17(16-6-4-5-7-19(16)24-18)13-22(2)20(23)12-14-8-10-15(21)11-9-14;/h4-11H,3,12-13,21H2,1-2H3;1H. The number of amides is 1. The van der Waals surface area contributed by atoms with Crippen LogP contribution in [0.4, 0.5) is 5.69 Å². The lowest BCUT2D eigenvalue weighted by Gasteiger charge is -2.17. The number of fused-ring (bicyclic) bond motifs is 1. The second-order valence-electron chi connectivity index (χ2n) is 6.02. The second-order valence-corrected chi connectivity index (χ2v) is 6.02. The van der Waals surface area contributed by atoms with Crippen molar-refractivity contribution < 1.29 is 9.21 Å². The largest absolute Gasteiger partial charge is 0.461 e. The van der Waals surface area contributed by atoms with Crippen LogP contribution in [0.2, 0.25) is 0 Å². The Morgan fingerprint density at radius 3 is 2.48 bits per heavy atom. The second kappa shape index (κ2) is 8.08. The van der Waals surface area contributed by atoms with Crippen molar-refractivity contribution in [2.24, 2.45) is 0 Å². The number of likely N-dealkylation sites (N-methyl/N-ethyl adjacent to an activating group) is 1. The molecular formula is C20H23ClN2O2. The van der Waals surface area contributed by atoms with Crippen molar-refractivity contribution in [2.75, 3.05) is 12.8 Å². The van der Waals surface area contributed by atoms with E-state index in [1.165, 1.54) is 0 Å². The number of nitrogens with two attached hydrogens (primary N) is 1. The molecule has 0 spiro atoms. The molecule has 25 heavy (non-hydrogen) atoms. The minimum atomic E-state index is 0. The first kappa shape index (κ1) is 18.9. The first-order chi connectivity index (χ1) is 11.6. The molecule has 1 amide bonds. The Bertz CT molecular complexity index is 856. The van der Waals surface area contributed by atoms with Gasteiger partial charge in [0.1, 0.15) is 11.3 Å². The number of rotatable bonds is 5. The van der Waals surface area contributed by atoms with E-state index >= 15 is 0 Å². The average molecular weight is 359 g/mol. The lowest BCUT2D eigenvalue weighted by molar-refractivity contribution is -0.129. The Kier molecular flexibility index (Phi) is 6.10. The van der Waals surface area contributed by atoms with Gasteiger partial charge in [-0.2, -0.15) is 0 Å². The lowest BCUT2D eigenvalue weighted by atomic mass is 10.1. The third-order valence-electron chi connectivity index (χ3n) is 4.26. The highest BCUT2D eigenvalue weighted by Gasteiger charge is 2.17. The molecule has 3 aromatic rings. The zero-order valence-electron chi connectivity index (χ0n) is 14.5. The monoisotopic (exact) mass is 358 g/mol. The molecule has 0 saturated carbocycles. The minimum Gasteiger partial charge on any atom is -0.461 e. The average Bonchev–Trinajstić information content (AvgIpc) is 2.94. The van der Waals surface area contributed by atoms with Gasteiger partial charge in [-0.1, -0.05) is 37.3 Å². The van der Waals surface area contributed by atoms with Crippen LogP contribution >= 0.6 is 12.4 Å². The summed E-state index contributed by atoms with van der Waals surface area (Å²) in [5.74, 6) is 1.02. The third kappa shape index (κ3) is 4.15. The van der Waals surface area contributed by atoms with Crippen LogP contribution in [0.5, 0.6) is 0 Å². The van der Waals surface area contributed by atoms with E-state index in [2.05, 4.69) is 6.92 Å². The molecule has 2 N–H and O–H groups in total. The predicted molar refractivity (Wildman–Crippen MR) is 104 cm³/mol. The van der Waals surface area contributed by atoms with E-state index in [0.717, 1.165) is 34.3 Å². The summed E-state index contributed by atoms with van der Waals surface area (Å²) in [4.78, 5) is 14.3. The lowest BCUT2D eigenvalue weighted by Crippen LogP contribution is -2.28. The van der Waals surface area contributed by atoms with Crippen LogP contribution in [0.3, 0.4) is 0 Å². The van der Waals surface area contributed by atoms with Crippen LogP contribution in [-0.4, -0.2) is 17.9 Å². The molecule has 0 atom stereocenters. The Hall–Kier alpha value is -2.46. The SMILES string of the molecule is CCc1oc2ccccc2c1CN(C)C(=O)Cc1ccc(N)cc1.Cl. The Labute approximate surface area is 154 Å². The molecular weight excluding hydrogens is 336 g/mol. The first-order valence-corrected chi connectivity index (χ1v) is 8.16. The minimum absolute atomic E-state index is 0. The van der Waals surface area contributed by atoms with Crippen LogP contribution in [0.15, 0.2) is 52.9 Å². The number of nitrogens with zero attached hydrogens (tertiary/aromatic N) is 1. The van der Waals surface area contributed by atoms with Crippen LogP contribution in [0.25, 0.3) is 11.0 Å². The van der Waals surface area contributed by atoms with Gasteiger partial charge in [-0.25, -0.2) is 0 Å². The van der Waals surface area contributed by atoms with Gasteiger partial charge in [-0.3, -0.25) is 4.79 Å². The molecule has 132 valence electrons. The predicted octanol–water partition coefficient (Wildman–Crippen LogP) is 4.20. The Morgan fingerprint density at radius 2 is 1.80 bits per heavy atom. The smallest absolute Gasteiger partial charge is 0.227 e. The van der Waals surface area contributed by atoms with Crippen molar-refractivity contribution >= 4 is 35.0 Å². The van der Waals surface area contributed by atoms with Crippen molar-refractivity contribution in [1.82, 2.24) is 4.90 Å². The van der Waals surface area contributed by atoms with Gasteiger partial charge >= 0.3 is 0 Å². The van der Waals surface area contributed by atoms with Crippen LogP contribution < -0.4 is 5.73 Å². The summed E-state index contributed by atoms with van der Waals surface area (Å²) in [6.07, 6.45) is 1.18. The molecule has 0 unspecified atom stereocenters. The van der Waals surface area contributed by atoms with E-state index in [0.29, 0.717) is 18.7 Å². The van der Waals surface area contributed by atoms with Gasteiger partial charge in [0.25, 0.3) is 0 Å². The Balaban J connectivity index is 0.00000225. The number of halogens is 1. The molecule has 2 aromatic carbocycles. The van der Waals surface area contributed by atoms with Gasteiger partial charge in [-0.05, 0) is 23.8 Å². The fourth-order valence-corrected chi connectivity index (χ4v) is 2.88. The number of hydrogen-bond donors (Lipinski definition) is 1. The number of anilines is 1. The summed E-state index contributed by atoms with van der Waals surface area (Å²) in [7, 11) is 1.83.